The minimum atomic E-state index is 0.522. The van der Waals surface area contributed by atoms with Crippen LogP contribution in [0.2, 0.25) is 0 Å². The average molecular weight is 302 g/mol. The topological polar surface area (TPSA) is 12.0 Å². The summed E-state index contributed by atoms with van der Waals surface area (Å²) in [5.41, 5.74) is 0.522. The van der Waals surface area contributed by atoms with E-state index in [2.05, 4.69) is 49.6 Å². The lowest BCUT2D eigenvalue weighted by Crippen LogP contribution is -2.34. The number of rotatable bonds is 4. The van der Waals surface area contributed by atoms with Crippen molar-refractivity contribution in [2.24, 2.45) is 17.3 Å². The van der Waals surface area contributed by atoms with Crippen molar-refractivity contribution in [3.8, 4) is 0 Å². The third-order valence-corrected chi connectivity index (χ3v) is 7.61. The Morgan fingerprint density at radius 2 is 1.74 bits per heavy atom. The van der Waals surface area contributed by atoms with Crippen LogP contribution >= 0.6 is 23.5 Å². The van der Waals surface area contributed by atoms with Crippen molar-refractivity contribution in [3.05, 3.63) is 0 Å². The van der Waals surface area contributed by atoms with Gasteiger partial charge in [-0.25, -0.2) is 0 Å². The van der Waals surface area contributed by atoms with Gasteiger partial charge in [0.05, 0.1) is 0 Å². The van der Waals surface area contributed by atoms with Crippen molar-refractivity contribution in [1.82, 2.24) is 5.32 Å². The molecule has 2 fully saturated rings. The van der Waals surface area contributed by atoms with Gasteiger partial charge in [0.1, 0.15) is 0 Å². The van der Waals surface area contributed by atoms with Crippen LogP contribution in [0, 0.1) is 17.3 Å². The zero-order chi connectivity index (χ0) is 13.7. The van der Waals surface area contributed by atoms with Gasteiger partial charge in [0.15, 0.2) is 0 Å². The maximum absolute atomic E-state index is 3.74. The summed E-state index contributed by atoms with van der Waals surface area (Å²) in [5.74, 6) is 5.97. The van der Waals surface area contributed by atoms with E-state index < -0.39 is 0 Å². The maximum atomic E-state index is 3.74. The summed E-state index contributed by atoms with van der Waals surface area (Å²) in [6, 6.07) is 0. The van der Waals surface area contributed by atoms with Crippen LogP contribution < -0.4 is 5.32 Å². The van der Waals surface area contributed by atoms with Gasteiger partial charge in [-0.05, 0) is 49.5 Å². The lowest BCUT2D eigenvalue weighted by Gasteiger charge is -2.37. The van der Waals surface area contributed by atoms with E-state index in [1.807, 2.05) is 0 Å². The molecule has 112 valence electrons. The zero-order valence-electron chi connectivity index (χ0n) is 12.9. The first-order valence-corrected chi connectivity index (χ1v) is 10.2. The summed E-state index contributed by atoms with van der Waals surface area (Å²) in [6.45, 7) is 9.73. The molecule has 1 N–H and O–H groups in total. The molecule has 0 radical (unpaired) electrons. The standard InChI is InChI=1S/C16H31NS2/c1-16(2,3)14-6-4-13(5-7-14)10-17-11-15-12-18-8-9-19-15/h13-15,17H,4-12H2,1-3H3. The van der Waals surface area contributed by atoms with E-state index in [1.54, 1.807) is 0 Å². The Bertz CT molecular complexity index is 248. The van der Waals surface area contributed by atoms with Crippen molar-refractivity contribution in [1.29, 1.82) is 0 Å². The van der Waals surface area contributed by atoms with Gasteiger partial charge in [-0.2, -0.15) is 23.5 Å². The molecule has 0 spiro atoms. The van der Waals surface area contributed by atoms with Crippen LogP contribution in [0.4, 0.5) is 0 Å². The van der Waals surface area contributed by atoms with E-state index in [1.165, 1.54) is 56.0 Å². The fraction of sp³-hybridized carbons (Fsp3) is 1.00. The third-order valence-electron chi connectivity index (χ3n) is 4.76. The molecule has 1 saturated carbocycles. The van der Waals surface area contributed by atoms with Crippen LogP contribution in [0.25, 0.3) is 0 Å². The lowest BCUT2D eigenvalue weighted by molar-refractivity contribution is 0.149. The van der Waals surface area contributed by atoms with Gasteiger partial charge in [-0.3, -0.25) is 0 Å². The molecule has 2 aliphatic rings. The monoisotopic (exact) mass is 301 g/mol. The van der Waals surface area contributed by atoms with Gasteiger partial charge in [0, 0.05) is 29.1 Å². The summed E-state index contributed by atoms with van der Waals surface area (Å²) in [4.78, 5) is 0. The predicted molar refractivity (Wildman–Crippen MR) is 91.3 cm³/mol. The highest BCUT2D eigenvalue weighted by Crippen LogP contribution is 2.39. The second-order valence-corrected chi connectivity index (χ2v) is 9.87. The molecule has 3 heteroatoms. The van der Waals surface area contributed by atoms with E-state index in [0.29, 0.717) is 5.41 Å². The smallest absolute Gasteiger partial charge is 0.0263 e. The average Bonchev–Trinajstić information content (AvgIpc) is 2.39. The van der Waals surface area contributed by atoms with Gasteiger partial charge in [0.25, 0.3) is 0 Å². The Labute approximate surface area is 128 Å². The van der Waals surface area contributed by atoms with Crippen molar-refractivity contribution >= 4 is 23.5 Å². The van der Waals surface area contributed by atoms with E-state index in [0.717, 1.165) is 17.1 Å². The van der Waals surface area contributed by atoms with Gasteiger partial charge in [0.2, 0.25) is 0 Å². The number of nitrogens with one attached hydrogen (secondary N) is 1. The fourth-order valence-electron chi connectivity index (χ4n) is 3.34. The molecule has 0 aromatic rings. The molecule has 19 heavy (non-hydrogen) atoms. The summed E-state index contributed by atoms with van der Waals surface area (Å²) in [7, 11) is 0. The summed E-state index contributed by atoms with van der Waals surface area (Å²) in [5, 5.41) is 4.61. The highest BCUT2D eigenvalue weighted by Gasteiger charge is 2.29. The van der Waals surface area contributed by atoms with Crippen molar-refractivity contribution in [3.63, 3.8) is 0 Å². The van der Waals surface area contributed by atoms with Gasteiger partial charge in [-0.1, -0.05) is 20.8 Å². The Morgan fingerprint density at radius 3 is 2.32 bits per heavy atom. The maximum Gasteiger partial charge on any atom is 0.0263 e. The Morgan fingerprint density at radius 1 is 1.00 bits per heavy atom. The second kappa shape index (κ2) is 7.61. The molecule has 1 heterocycles. The minimum absolute atomic E-state index is 0.522. The SMILES string of the molecule is CC(C)(C)C1CCC(CNCC2CSCCS2)CC1. The predicted octanol–water partition coefficient (Wildman–Crippen LogP) is 4.28. The van der Waals surface area contributed by atoms with Crippen molar-refractivity contribution < 1.29 is 0 Å². The van der Waals surface area contributed by atoms with Crippen LogP contribution in [0.1, 0.15) is 46.5 Å². The molecule has 1 aliphatic heterocycles. The molecular weight excluding hydrogens is 270 g/mol. The molecule has 1 saturated heterocycles. The van der Waals surface area contributed by atoms with E-state index in [-0.39, 0.29) is 0 Å². The molecule has 1 aliphatic carbocycles. The summed E-state index contributed by atoms with van der Waals surface area (Å²) >= 11 is 4.30. The molecule has 1 unspecified atom stereocenters. The molecule has 0 aromatic carbocycles. The zero-order valence-corrected chi connectivity index (χ0v) is 14.5. The molecule has 0 bridgehead atoms. The molecule has 1 nitrogen and oxygen atoms in total. The normalized spacial score (nSPS) is 33.3. The Balaban J connectivity index is 1.58. The van der Waals surface area contributed by atoms with E-state index in [4.69, 9.17) is 0 Å². The third kappa shape index (κ3) is 5.51. The molecule has 0 aromatic heterocycles. The summed E-state index contributed by atoms with van der Waals surface area (Å²) < 4.78 is 0. The van der Waals surface area contributed by atoms with Gasteiger partial charge in [-0.15, -0.1) is 0 Å². The quantitative estimate of drug-likeness (QED) is 0.832. The first-order valence-electron chi connectivity index (χ1n) is 7.96. The number of hydrogen-bond donors (Lipinski definition) is 1. The highest BCUT2D eigenvalue weighted by molar-refractivity contribution is 8.06. The molecule has 2 rings (SSSR count). The first-order chi connectivity index (χ1) is 9.05. The minimum Gasteiger partial charge on any atom is -0.315 e. The molecule has 0 amide bonds. The largest absolute Gasteiger partial charge is 0.315 e. The van der Waals surface area contributed by atoms with Crippen molar-refractivity contribution in [2.45, 2.75) is 51.7 Å². The van der Waals surface area contributed by atoms with Gasteiger partial charge < -0.3 is 5.32 Å². The first kappa shape index (κ1) is 16.0. The Kier molecular flexibility index (Phi) is 6.42. The van der Waals surface area contributed by atoms with Gasteiger partial charge >= 0.3 is 0 Å². The molecule has 1 atom stereocenters. The summed E-state index contributed by atoms with van der Waals surface area (Å²) in [6.07, 6.45) is 5.79. The van der Waals surface area contributed by atoms with E-state index in [9.17, 15) is 0 Å². The van der Waals surface area contributed by atoms with Crippen LogP contribution in [-0.4, -0.2) is 35.6 Å². The van der Waals surface area contributed by atoms with Crippen molar-refractivity contribution in [2.75, 3.05) is 30.3 Å². The van der Waals surface area contributed by atoms with E-state index >= 15 is 0 Å². The second-order valence-electron chi connectivity index (χ2n) is 7.31. The Hall–Kier alpha value is 0.660. The van der Waals surface area contributed by atoms with Crippen LogP contribution in [0.15, 0.2) is 0 Å². The number of thioether (sulfide) groups is 2. The van der Waals surface area contributed by atoms with Crippen LogP contribution in [-0.2, 0) is 0 Å². The number of hydrogen-bond acceptors (Lipinski definition) is 3. The van der Waals surface area contributed by atoms with Crippen LogP contribution in [0.3, 0.4) is 0 Å². The molecular formula is C16H31NS2. The fourth-order valence-corrected chi connectivity index (χ4v) is 5.98. The van der Waals surface area contributed by atoms with Crippen LogP contribution in [0.5, 0.6) is 0 Å². The lowest BCUT2D eigenvalue weighted by atomic mass is 9.70. The highest BCUT2D eigenvalue weighted by atomic mass is 32.2.